The molecule has 1 aromatic rings. The standard InChI is InChI=1S/C20H32N6O8/c1-3-10(2)16(21)19(32)25-13(6-11-7-22-9-23-11)18(31)24-12(4-5-15(28)29)17(30)26-14(8-27)20(33)34/h7,9-10,12-14,16,27H,3-6,8,21H2,1-2H3,(H,22,23)(H,24,31)(H,25,32)(H,26,30)(H,28,29)(H,33,34). The molecule has 1 heterocycles. The maximum Gasteiger partial charge on any atom is 0.328 e. The zero-order valence-corrected chi connectivity index (χ0v) is 19.0. The fourth-order valence-corrected chi connectivity index (χ4v) is 2.87. The van der Waals surface area contributed by atoms with Gasteiger partial charge in [-0.1, -0.05) is 20.3 Å². The highest BCUT2D eigenvalue weighted by atomic mass is 16.4. The lowest BCUT2D eigenvalue weighted by molar-refractivity contribution is -0.144. The fourth-order valence-electron chi connectivity index (χ4n) is 2.87. The van der Waals surface area contributed by atoms with E-state index in [4.69, 9.17) is 21.1 Å². The van der Waals surface area contributed by atoms with E-state index in [1.54, 1.807) is 6.92 Å². The van der Waals surface area contributed by atoms with Crippen LogP contribution in [0.5, 0.6) is 0 Å². The van der Waals surface area contributed by atoms with Crippen LogP contribution in [0.15, 0.2) is 12.5 Å². The molecule has 1 rings (SSSR count). The number of nitrogens with zero attached hydrogens (tertiary/aromatic N) is 1. The first kappa shape index (κ1) is 28.5. The minimum Gasteiger partial charge on any atom is -0.481 e. The van der Waals surface area contributed by atoms with Crippen molar-refractivity contribution < 1.29 is 39.3 Å². The maximum absolute atomic E-state index is 13.0. The molecule has 0 aliphatic carbocycles. The molecule has 5 unspecified atom stereocenters. The smallest absolute Gasteiger partial charge is 0.328 e. The third-order valence-electron chi connectivity index (χ3n) is 5.25. The molecule has 9 N–H and O–H groups in total. The number of hydrogen-bond donors (Lipinski definition) is 8. The molecule has 3 amide bonds. The Labute approximate surface area is 195 Å². The van der Waals surface area contributed by atoms with Crippen LogP contribution in [0.2, 0.25) is 0 Å². The fraction of sp³-hybridized carbons (Fsp3) is 0.600. The Morgan fingerprint density at radius 1 is 1.03 bits per heavy atom. The summed E-state index contributed by atoms with van der Waals surface area (Å²) in [5.41, 5.74) is 6.45. The van der Waals surface area contributed by atoms with Crippen molar-refractivity contribution in [1.29, 1.82) is 0 Å². The number of carbonyl (C=O) groups excluding carboxylic acids is 3. The van der Waals surface area contributed by atoms with Crippen molar-refractivity contribution in [2.75, 3.05) is 6.61 Å². The molecule has 5 atom stereocenters. The van der Waals surface area contributed by atoms with Gasteiger partial charge in [-0.05, 0) is 12.3 Å². The number of nitrogens with one attached hydrogen (secondary N) is 4. The second-order valence-electron chi connectivity index (χ2n) is 7.83. The molecule has 34 heavy (non-hydrogen) atoms. The highest BCUT2D eigenvalue weighted by molar-refractivity contribution is 5.94. The van der Waals surface area contributed by atoms with Crippen LogP contribution >= 0.6 is 0 Å². The first-order valence-electron chi connectivity index (χ1n) is 10.7. The van der Waals surface area contributed by atoms with E-state index < -0.39 is 66.9 Å². The van der Waals surface area contributed by atoms with Gasteiger partial charge >= 0.3 is 11.9 Å². The zero-order chi connectivity index (χ0) is 25.8. The summed E-state index contributed by atoms with van der Waals surface area (Å²) in [6.07, 6.45) is 2.54. The van der Waals surface area contributed by atoms with Crippen LogP contribution in [0.1, 0.15) is 38.8 Å². The van der Waals surface area contributed by atoms with Crippen molar-refractivity contribution in [3.8, 4) is 0 Å². The van der Waals surface area contributed by atoms with Crippen molar-refractivity contribution >= 4 is 29.7 Å². The van der Waals surface area contributed by atoms with E-state index in [0.29, 0.717) is 12.1 Å². The average Bonchev–Trinajstić information content (AvgIpc) is 3.30. The van der Waals surface area contributed by atoms with Crippen LogP contribution in [-0.2, 0) is 30.4 Å². The van der Waals surface area contributed by atoms with E-state index in [-0.39, 0.29) is 18.8 Å². The molecule has 0 fully saturated rings. The van der Waals surface area contributed by atoms with E-state index in [0.717, 1.165) is 0 Å². The Kier molecular flexibility index (Phi) is 11.7. The molecule has 1 aromatic heterocycles. The van der Waals surface area contributed by atoms with Crippen LogP contribution < -0.4 is 21.7 Å². The van der Waals surface area contributed by atoms with E-state index >= 15 is 0 Å². The van der Waals surface area contributed by atoms with Gasteiger partial charge in [0.25, 0.3) is 0 Å². The number of H-pyrrole nitrogens is 1. The highest BCUT2D eigenvalue weighted by Gasteiger charge is 2.31. The number of carboxylic acids is 2. The third kappa shape index (κ3) is 9.15. The molecule has 0 aliphatic heterocycles. The van der Waals surface area contributed by atoms with Gasteiger partial charge in [-0.3, -0.25) is 19.2 Å². The van der Waals surface area contributed by atoms with Crippen LogP contribution in [-0.4, -0.2) is 85.7 Å². The molecule has 14 heteroatoms. The number of imidazole rings is 1. The topological polar surface area (TPSA) is 237 Å². The first-order valence-corrected chi connectivity index (χ1v) is 10.7. The Hall–Kier alpha value is -3.52. The molecule has 0 aromatic carbocycles. The molecular weight excluding hydrogens is 452 g/mol. The van der Waals surface area contributed by atoms with Gasteiger partial charge in [0.15, 0.2) is 0 Å². The molecule has 0 bridgehead atoms. The van der Waals surface area contributed by atoms with Gasteiger partial charge in [0.1, 0.15) is 18.1 Å². The molecule has 0 radical (unpaired) electrons. The van der Waals surface area contributed by atoms with Gasteiger partial charge in [-0.2, -0.15) is 0 Å². The third-order valence-corrected chi connectivity index (χ3v) is 5.25. The summed E-state index contributed by atoms with van der Waals surface area (Å²) < 4.78 is 0. The lowest BCUT2D eigenvalue weighted by Crippen LogP contribution is -2.58. The number of aliphatic hydroxyl groups is 1. The van der Waals surface area contributed by atoms with Crippen molar-refractivity contribution in [2.24, 2.45) is 11.7 Å². The largest absolute Gasteiger partial charge is 0.481 e. The van der Waals surface area contributed by atoms with Crippen molar-refractivity contribution in [3.63, 3.8) is 0 Å². The normalized spacial score (nSPS) is 15.3. The summed E-state index contributed by atoms with van der Waals surface area (Å²) in [7, 11) is 0. The predicted molar refractivity (Wildman–Crippen MR) is 117 cm³/mol. The lowest BCUT2D eigenvalue weighted by atomic mass is 9.98. The van der Waals surface area contributed by atoms with Gasteiger partial charge in [0.05, 0.1) is 19.0 Å². The van der Waals surface area contributed by atoms with Crippen molar-refractivity contribution in [3.05, 3.63) is 18.2 Å². The van der Waals surface area contributed by atoms with E-state index in [9.17, 15) is 24.0 Å². The van der Waals surface area contributed by atoms with E-state index in [1.807, 2.05) is 12.2 Å². The van der Waals surface area contributed by atoms with Gasteiger partial charge in [-0.15, -0.1) is 0 Å². The second-order valence-corrected chi connectivity index (χ2v) is 7.83. The predicted octanol–water partition coefficient (Wildman–Crippen LogP) is -2.28. The number of nitrogens with two attached hydrogens (primary N) is 1. The highest BCUT2D eigenvalue weighted by Crippen LogP contribution is 2.08. The second kappa shape index (κ2) is 13.9. The molecule has 14 nitrogen and oxygen atoms in total. The number of carboxylic acid groups (broad SMARTS) is 2. The summed E-state index contributed by atoms with van der Waals surface area (Å²) in [5.74, 6) is -5.34. The Morgan fingerprint density at radius 2 is 1.62 bits per heavy atom. The first-order chi connectivity index (χ1) is 16.0. The number of aliphatic carboxylic acids is 2. The minimum absolute atomic E-state index is 0.0353. The lowest BCUT2D eigenvalue weighted by Gasteiger charge is -2.25. The number of hydrogen-bond acceptors (Lipinski definition) is 8. The molecule has 190 valence electrons. The summed E-state index contributed by atoms with van der Waals surface area (Å²) in [5, 5.41) is 34.1. The van der Waals surface area contributed by atoms with Crippen LogP contribution in [0.4, 0.5) is 0 Å². The van der Waals surface area contributed by atoms with Gasteiger partial charge < -0.3 is 42.0 Å². The Balaban J connectivity index is 3.06. The van der Waals surface area contributed by atoms with Crippen molar-refractivity contribution in [2.45, 2.75) is 63.7 Å². The number of aliphatic hydroxyl groups excluding tert-OH is 1. The quantitative estimate of drug-likeness (QED) is 0.133. The number of rotatable bonds is 15. The summed E-state index contributed by atoms with van der Waals surface area (Å²) in [4.78, 5) is 66.9. The van der Waals surface area contributed by atoms with Gasteiger partial charge in [0, 0.05) is 24.7 Å². The molecule has 0 saturated heterocycles. The Morgan fingerprint density at radius 3 is 2.12 bits per heavy atom. The summed E-state index contributed by atoms with van der Waals surface area (Å²) in [6.45, 7) is 2.72. The SMILES string of the molecule is CCC(C)C(N)C(=O)NC(Cc1cnc[nH]1)C(=O)NC(CCC(=O)O)C(=O)NC(CO)C(=O)O. The van der Waals surface area contributed by atoms with Gasteiger partial charge in [0.2, 0.25) is 17.7 Å². The zero-order valence-electron chi connectivity index (χ0n) is 19.0. The average molecular weight is 485 g/mol. The maximum atomic E-state index is 13.0. The number of aromatic amines is 1. The minimum atomic E-state index is -1.65. The summed E-state index contributed by atoms with van der Waals surface area (Å²) in [6, 6.07) is -5.18. The molecular formula is C20H32N6O8. The molecule has 0 saturated carbocycles. The van der Waals surface area contributed by atoms with Crippen LogP contribution in [0, 0.1) is 5.92 Å². The number of carbonyl (C=O) groups is 5. The van der Waals surface area contributed by atoms with Crippen molar-refractivity contribution in [1.82, 2.24) is 25.9 Å². The van der Waals surface area contributed by atoms with E-state index in [2.05, 4.69) is 20.6 Å². The van der Waals surface area contributed by atoms with Crippen LogP contribution in [0.3, 0.4) is 0 Å². The summed E-state index contributed by atoms with van der Waals surface area (Å²) >= 11 is 0. The van der Waals surface area contributed by atoms with Gasteiger partial charge in [-0.25, -0.2) is 9.78 Å². The Bertz CT molecular complexity index is 846. The van der Waals surface area contributed by atoms with E-state index in [1.165, 1.54) is 12.5 Å². The number of amides is 3. The molecule has 0 spiro atoms. The monoisotopic (exact) mass is 484 g/mol. The molecule has 0 aliphatic rings. The van der Waals surface area contributed by atoms with Crippen LogP contribution in [0.25, 0.3) is 0 Å². The number of aromatic nitrogens is 2.